The third kappa shape index (κ3) is 3.36. The smallest absolute Gasteiger partial charge is 0.310 e. The van der Waals surface area contributed by atoms with Crippen LogP contribution in [0.3, 0.4) is 0 Å². The molecule has 5 heteroatoms. The van der Waals surface area contributed by atoms with Crippen molar-refractivity contribution < 1.29 is 14.6 Å². The Bertz CT molecular complexity index is 466. The summed E-state index contributed by atoms with van der Waals surface area (Å²) in [6.07, 6.45) is 0.0465. The quantitative estimate of drug-likeness (QED) is 0.659. The second-order valence-electron chi connectivity index (χ2n) is 3.37. The molecule has 1 N–H and O–H groups in total. The molecule has 1 aromatic rings. The average molecular weight is 254 g/mol. The molecule has 0 aliphatic rings. The van der Waals surface area contributed by atoms with Crippen LogP contribution >= 0.6 is 11.6 Å². The van der Waals surface area contributed by atoms with Gasteiger partial charge in [-0.15, -0.1) is 11.6 Å². The number of halogens is 1. The largest absolute Gasteiger partial charge is 0.507 e. The number of nitrogens with zero attached hydrogens (tertiary/aromatic N) is 1. The fourth-order valence-electron chi connectivity index (χ4n) is 1.42. The lowest BCUT2D eigenvalue weighted by atomic mass is 10.0. The Hall–Kier alpha value is -1.73. The molecule has 0 unspecified atom stereocenters. The minimum Gasteiger partial charge on any atom is -0.507 e. The van der Waals surface area contributed by atoms with Crippen molar-refractivity contribution in [2.24, 2.45) is 0 Å². The van der Waals surface area contributed by atoms with Crippen LogP contribution in [0, 0.1) is 11.3 Å². The number of carbonyl (C=O) groups excluding carboxylic acids is 1. The van der Waals surface area contributed by atoms with E-state index in [1.54, 1.807) is 6.92 Å². The molecule has 4 nitrogen and oxygen atoms in total. The van der Waals surface area contributed by atoms with Crippen LogP contribution in [0.1, 0.15) is 23.6 Å². The zero-order valence-corrected chi connectivity index (χ0v) is 10.1. The summed E-state index contributed by atoms with van der Waals surface area (Å²) in [6.45, 7) is 2.02. The number of aromatic hydroxyl groups is 1. The Balaban J connectivity index is 3.05. The number of rotatable bonds is 4. The van der Waals surface area contributed by atoms with Crippen LogP contribution in [0.15, 0.2) is 12.1 Å². The number of carbonyl (C=O) groups is 1. The van der Waals surface area contributed by atoms with E-state index in [1.165, 1.54) is 12.1 Å². The van der Waals surface area contributed by atoms with E-state index in [9.17, 15) is 9.90 Å². The van der Waals surface area contributed by atoms with E-state index in [-0.39, 0.29) is 29.6 Å². The van der Waals surface area contributed by atoms with E-state index in [0.29, 0.717) is 17.7 Å². The van der Waals surface area contributed by atoms with Gasteiger partial charge < -0.3 is 9.84 Å². The maximum Gasteiger partial charge on any atom is 0.310 e. The third-order valence-corrected chi connectivity index (χ3v) is 2.51. The summed E-state index contributed by atoms with van der Waals surface area (Å²) >= 11 is 5.71. The van der Waals surface area contributed by atoms with Gasteiger partial charge in [0, 0.05) is 5.88 Å². The van der Waals surface area contributed by atoms with Crippen LogP contribution in [-0.2, 0) is 21.8 Å². The van der Waals surface area contributed by atoms with Gasteiger partial charge in [-0.05, 0) is 30.2 Å². The van der Waals surface area contributed by atoms with E-state index < -0.39 is 0 Å². The summed E-state index contributed by atoms with van der Waals surface area (Å²) in [6, 6.07) is 4.71. The summed E-state index contributed by atoms with van der Waals surface area (Å²) in [5, 5.41) is 18.3. The van der Waals surface area contributed by atoms with Gasteiger partial charge >= 0.3 is 5.97 Å². The topological polar surface area (TPSA) is 70.3 Å². The van der Waals surface area contributed by atoms with Gasteiger partial charge in [0.1, 0.15) is 11.8 Å². The molecule has 0 atom stereocenters. The summed E-state index contributed by atoms with van der Waals surface area (Å²) in [4.78, 5) is 11.4. The van der Waals surface area contributed by atoms with Crippen molar-refractivity contribution >= 4 is 17.6 Å². The highest BCUT2D eigenvalue weighted by atomic mass is 35.5. The Morgan fingerprint density at radius 3 is 2.76 bits per heavy atom. The number of phenolic OH excluding ortho intramolecular Hbond substituents is 1. The number of benzene rings is 1. The van der Waals surface area contributed by atoms with E-state index >= 15 is 0 Å². The van der Waals surface area contributed by atoms with Gasteiger partial charge in [-0.25, -0.2) is 0 Å². The van der Waals surface area contributed by atoms with Crippen molar-refractivity contribution in [1.82, 2.24) is 0 Å². The second-order valence-corrected chi connectivity index (χ2v) is 3.63. The molecular weight excluding hydrogens is 242 g/mol. The van der Waals surface area contributed by atoms with Gasteiger partial charge in [0.05, 0.1) is 18.6 Å². The van der Waals surface area contributed by atoms with Crippen LogP contribution in [0.2, 0.25) is 0 Å². The fraction of sp³-hybridized carbons (Fsp3) is 0.333. The van der Waals surface area contributed by atoms with Crippen molar-refractivity contribution in [3.8, 4) is 11.8 Å². The monoisotopic (exact) mass is 253 g/mol. The Labute approximate surface area is 104 Å². The Kier molecular flexibility index (Phi) is 4.80. The fourth-order valence-corrected chi connectivity index (χ4v) is 1.67. The van der Waals surface area contributed by atoms with Gasteiger partial charge in [-0.3, -0.25) is 4.79 Å². The van der Waals surface area contributed by atoms with Gasteiger partial charge in [0.2, 0.25) is 0 Å². The number of hydrogen-bond acceptors (Lipinski definition) is 4. The Morgan fingerprint density at radius 1 is 1.53 bits per heavy atom. The van der Waals surface area contributed by atoms with E-state index in [1.807, 2.05) is 6.07 Å². The zero-order chi connectivity index (χ0) is 12.8. The average Bonchev–Trinajstić information content (AvgIpc) is 2.31. The van der Waals surface area contributed by atoms with Crippen LogP contribution in [0.4, 0.5) is 0 Å². The summed E-state index contributed by atoms with van der Waals surface area (Å²) < 4.78 is 4.82. The van der Waals surface area contributed by atoms with E-state index in [2.05, 4.69) is 0 Å². The molecule has 0 saturated heterocycles. The molecule has 0 fully saturated rings. The number of phenols is 1. The first-order valence-electron chi connectivity index (χ1n) is 5.08. The van der Waals surface area contributed by atoms with Crippen molar-refractivity contribution in [2.75, 3.05) is 6.61 Å². The molecule has 0 bridgehead atoms. The lowest BCUT2D eigenvalue weighted by Gasteiger charge is -2.08. The number of nitriles is 1. The standard InChI is InChI=1S/C12H12ClNO3/c1-2-17-12(16)5-8-3-10(7-14)11(15)4-9(8)6-13/h3-4,15H,2,5-6H2,1H3. The highest BCUT2D eigenvalue weighted by molar-refractivity contribution is 6.17. The molecule has 1 rings (SSSR count). The predicted octanol–water partition coefficient (Wildman–Crippen LogP) is 2.11. The third-order valence-electron chi connectivity index (χ3n) is 2.22. The molecule has 0 radical (unpaired) electrons. The van der Waals surface area contributed by atoms with E-state index in [4.69, 9.17) is 21.6 Å². The summed E-state index contributed by atoms with van der Waals surface area (Å²) in [5.41, 5.74) is 1.35. The second kappa shape index (κ2) is 6.12. The van der Waals surface area contributed by atoms with Crippen molar-refractivity contribution in [3.05, 3.63) is 28.8 Å². The van der Waals surface area contributed by atoms with Crippen molar-refractivity contribution in [2.45, 2.75) is 19.2 Å². The van der Waals surface area contributed by atoms with Crippen molar-refractivity contribution in [3.63, 3.8) is 0 Å². The Morgan fingerprint density at radius 2 is 2.24 bits per heavy atom. The van der Waals surface area contributed by atoms with E-state index in [0.717, 1.165) is 0 Å². The summed E-state index contributed by atoms with van der Waals surface area (Å²) in [5.74, 6) is -0.349. The maximum atomic E-state index is 11.4. The maximum absolute atomic E-state index is 11.4. The minimum absolute atomic E-state index is 0.0465. The van der Waals surface area contributed by atoms with Gasteiger partial charge in [-0.1, -0.05) is 0 Å². The molecule has 1 aromatic carbocycles. The molecule has 0 heterocycles. The highest BCUT2D eigenvalue weighted by Gasteiger charge is 2.12. The van der Waals surface area contributed by atoms with Crippen LogP contribution in [0.25, 0.3) is 0 Å². The number of hydrogen-bond donors (Lipinski definition) is 1. The normalized spacial score (nSPS) is 9.71. The summed E-state index contributed by atoms with van der Waals surface area (Å²) in [7, 11) is 0. The number of esters is 1. The van der Waals surface area contributed by atoms with Gasteiger partial charge in [-0.2, -0.15) is 5.26 Å². The van der Waals surface area contributed by atoms with Crippen LogP contribution in [-0.4, -0.2) is 17.7 Å². The first-order valence-corrected chi connectivity index (χ1v) is 5.62. The first-order chi connectivity index (χ1) is 8.12. The number of alkyl halides is 1. The van der Waals surface area contributed by atoms with Gasteiger partial charge in [0.25, 0.3) is 0 Å². The molecule has 0 aromatic heterocycles. The SMILES string of the molecule is CCOC(=O)Cc1cc(C#N)c(O)cc1CCl. The molecule has 0 aliphatic carbocycles. The molecule has 0 saturated carbocycles. The number of ether oxygens (including phenoxy) is 1. The minimum atomic E-state index is -0.381. The molecule has 0 spiro atoms. The lowest BCUT2D eigenvalue weighted by Crippen LogP contribution is -2.09. The molecular formula is C12H12ClNO3. The zero-order valence-electron chi connectivity index (χ0n) is 9.36. The first kappa shape index (κ1) is 13.3. The lowest BCUT2D eigenvalue weighted by molar-refractivity contribution is -0.142. The van der Waals surface area contributed by atoms with Crippen LogP contribution < -0.4 is 0 Å². The molecule has 90 valence electrons. The van der Waals surface area contributed by atoms with Crippen LogP contribution in [0.5, 0.6) is 5.75 Å². The molecule has 0 amide bonds. The predicted molar refractivity (Wildman–Crippen MR) is 62.7 cm³/mol. The molecule has 0 aliphatic heterocycles. The van der Waals surface area contributed by atoms with Crippen molar-refractivity contribution in [1.29, 1.82) is 5.26 Å². The van der Waals surface area contributed by atoms with Gasteiger partial charge in [0.15, 0.2) is 0 Å². The highest BCUT2D eigenvalue weighted by Crippen LogP contribution is 2.24. The molecule has 17 heavy (non-hydrogen) atoms.